The summed E-state index contributed by atoms with van der Waals surface area (Å²) in [4.78, 5) is 0. The first kappa shape index (κ1) is 26.6. The van der Waals surface area contributed by atoms with Crippen LogP contribution in [0.15, 0.2) is 0 Å². The number of ether oxygens (including phenoxy) is 2. The summed E-state index contributed by atoms with van der Waals surface area (Å²) in [7, 11) is 3.46. The summed E-state index contributed by atoms with van der Waals surface area (Å²) in [5, 5.41) is 0. The van der Waals surface area contributed by atoms with Gasteiger partial charge in [0, 0.05) is 33.7 Å². The SMILES string of the molecule is CCCCCCCCCCCCOP(C1CCC(OC)CC1)C1CCC(OC)CC1. The highest BCUT2D eigenvalue weighted by atomic mass is 31.1. The van der Waals surface area contributed by atoms with Gasteiger partial charge < -0.3 is 14.0 Å². The van der Waals surface area contributed by atoms with Crippen molar-refractivity contribution in [3.8, 4) is 0 Å². The lowest BCUT2D eigenvalue weighted by atomic mass is 9.96. The predicted molar refractivity (Wildman–Crippen MR) is 131 cm³/mol. The van der Waals surface area contributed by atoms with Crippen LogP contribution in [-0.4, -0.2) is 44.4 Å². The van der Waals surface area contributed by atoms with Gasteiger partial charge in [0.25, 0.3) is 0 Å². The van der Waals surface area contributed by atoms with Crippen LogP contribution in [0.5, 0.6) is 0 Å². The van der Waals surface area contributed by atoms with E-state index >= 15 is 0 Å². The lowest BCUT2D eigenvalue weighted by Gasteiger charge is -2.40. The van der Waals surface area contributed by atoms with Crippen molar-refractivity contribution in [2.45, 2.75) is 146 Å². The standard InChI is InChI=1S/C26H51O3P/c1-4-5-6-7-8-9-10-11-12-13-22-29-30(25-18-14-23(27-2)15-19-25)26-20-16-24(28-3)17-21-26/h23-26H,4-22H2,1-3H3. The minimum absolute atomic E-state index is 0.293. The van der Waals surface area contributed by atoms with Crippen LogP contribution in [0.3, 0.4) is 0 Å². The van der Waals surface area contributed by atoms with Crippen molar-refractivity contribution in [3.63, 3.8) is 0 Å². The van der Waals surface area contributed by atoms with Gasteiger partial charge >= 0.3 is 0 Å². The van der Waals surface area contributed by atoms with E-state index in [1.807, 2.05) is 14.2 Å². The third-order valence-electron chi connectivity index (χ3n) is 7.41. The van der Waals surface area contributed by atoms with E-state index in [1.54, 1.807) is 0 Å². The van der Waals surface area contributed by atoms with Gasteiger partial charge in [-0.1, -0.05) is 64.7 Å². The lowest BCUT2D eigenvalue weighted by Crippen LogP contribution is -2.29. The molecule has 2 saturated carbocycles. The lowest BCUT2D eigenvalue weighted by molar-refractivity contribution is 0.0679. The predicted octanol–water partition coefficient (Wildman–Crippen LogP) is 8.24. The third-order valence-corrected chi connectivity index (χ3v) is 10.4. The summed E-state index contributed by atoms with van der Waals surface area (Å²) < 4.78 is 17.9. The Morgan fingerprint density at radius 1 is 0.567 bits per heavy atom. The van der Waals surface area contributed by atoms with Crippen molar-refractivity contribution in [2.24, 2.45) is 0 Å². The maximum atomic E-state index is 6.71. The van der Waals surface area contributed by atoms with E-state index in [1.165, 1.54) is 116 Å². The highest BCUT2D eigenvalue weighted by Gasteiger charge is 2.35. The largest absolute Gasteiger partial charge is 0.381 e. The molecular formula is C26H51O3P. The van der Waals surface area contributed by atoms with Crippen molar-refractivity contribution >= 4 is 8.15 Å². The molecule has 0 bridgehead atoms. The van der Waals surface area contributed by atoms with Gasteiger partial charge in [-0.05, 0) is 57.8 Å². The molecule has 0 N–H and O–H groups in total. The average Bonchev–Trinajstić information content (AvgIpc) is 2.80. The molecule has 0 saturated heterocycles. The van der Waals surface area contributed by atoms with E-state index in [9.17, 15) is 0 Å². The fourth-order valence-electron chi connectivity index (χ4n) is 5.34. The molecule has 0 aromatic heterocycles. The van der Waals surface area contributed by atoms with Crippen LogP contribution in [0.1, 0.15) is 122 Å². The number of unbranched alkanes of at least 4 members (excludes halogenated alkanes) is 9. The Kier molecular flexibility index (Phi) is 14.9. The third kappa shape index (κ3) is 10.3. The molecule has 2 fully saturated rings. The Labute approximate surface area is 189 Å². The zero-order chi connectivity index (χ0) is 21.4. The van der Waals surface area contributed by atoms with Crippen molar-refractivity contribution < 1.29 is 14.0 Å². The Morgan fingerprint density at radius 3 is 1.37 bits per heavy atom. The zero-order valence-electron chi connectivity index (χ0n) is 20.4. The second-order valence-corrected chi connectivity index (χ2v) is 12.1. The Morgan fingerprint density at radius 2 is 0.967 bits per heavy atom. The average molecular weight is 443 g/mol. The molecule has 0 aliphatic heterocycles. The summed E-state index contributed by atoms with van der Waals surface area (Å²) in [6, 6.07) is 0. The Balaban J connectivity index is 1.64. The van der Waals surface area contributed by atoms with Crippen LogP contribution in [0.25, 0.3) is 0 Å². The highest BCUT2D eigenvalue weighted by Crippen LogP contribution is 2.56. The molecule has 0 atom stereocenters. The maximum Gasteiger partial charge on any atom is 0.0571 e. The first-order chi connectivity index (χ1) is 14.8. The van der Waals surface area contributed by atoms with E-state index in [-0.39, 0.29) is 8.15 Å². The van der Waals surface area contributed by atoms with E-state index in [2.05, 4.69) is 6.92 Å². The van der Waals surface area contributed by atoms with Gasteiger partial charge in [0.2, 0.25) is 0 Å². The molecule has 2 rings (SSSR count). The van der Waals surface area contributed by atoms with Crippen molar-refractivity contribution in [3.05, 3.63) is 0 Å². The first-order valence-corrected chi connectivity index (χ1v) is 14.6. The summed E-state index contributed by atoms with van der Waals surface area (Å²) in [6.45, 7) is 3.29. The van der Waals surface area contributed by atoms with Crippen LogP contribution in [0.2, 0.25) is 0 Å². The topological polar surface area (TPSA) is 27.7 Å². The minimum atomic E-state index is -0.293. The van der Waals surface area contributed by atoms with Crippen LogP contribution in [0, 0.1) is 0 Å². The summed E-state index contributed by atoms with van der Waals surface area (Å²) in [5.41, 5.74) is 1.61. The molecule has 0 aromatic carbocycles. The molecule has 0 aromatic rings. The molecular weight excluding hydrogens is 391 g/mol. The van der Waals surface area contributed by atoms with Crippen LogP contribution >= 0.6 is 8.15 Å². The molecule has 4 heteroatoms. The van der Waals surface area contributed by atoms with Crippen molar-refractivity contribution in [1.82, 2.24) is 0 Å². The number of methoxy groups -OCH3 is 2. The van der Waals surface area contributed by atoms with E-state index in [0.29, 0.717) is 12.2 Å². The molecule has 0 radical (unpaired) electrons. The normalized spacial score (nSPS) is 28.5. The minimum Gasteiger partial charge on any atom is -0.381 e. The van der Waals surface area contributed by atoms with Gasteiger partial charge in [0.05, 0.1) is 18.8 Å². The molecule has 0 spiro atoms. The van der Waals surface area contributed by atoms with Gasteiger partial charge in [-0.2, -0.15) is 0 Å². The Bertz CT molecular complexity index is 366. The smallest absolute Gasteiger partial charge is 0.0571 e. The molecule has 2 aliphatic rings. The van der Waals surface area contributed by atoms with Crippen LogP contribution in [-0.2, 0) is 14.0 Å². The van der Waals surface area contributed by atoms with Gasteiger partial charge in [-0.3, -0.25) is 0 Å². The fourth-order valence-corrected chi connectivity index (χ4v) is 8.31. The van der Waals surface area contributed by atoms with Gasteiger partial charge in [0.15, 0.2) is 0 Å². The summed E-state index contributed by atoms with van der Waals surface area (Å²) >= 11 is 0. The fraction of sp³-hybridized carbons (Fsp3) is 1.00. The van der Waals surface area contributed by atoms with Crippen molar-refractivity contribution in [1.29, 1.82) is 0 Å². The van der Waals surface area contributed by atoms with Gasteiger partial charge in [0.1, 0.15) is 0 Å². The molecule has 0 amide bonds. The van der Waals surface area contributed by atoms with Gasteiger partial charge in [-0.15, -0.1) is 0 Å². The second-order valence-electron chi connectivity index (χ2n) is 9.71. The summed E-state index contributed by atoms with van der Waals surface area (Å²) in [6.07, 6.45) is 25.1. The van der Waals surface area contributed by atoms with Crippen molar-refractivity contribution in [2.75, 3.05) is 20.8 Å². The summed E-state index contributed by atoms with van der Waals surface area (Å²) in [5.74, 6) is 0. The molecule has 30 heavy (non-hydrogen) atoms. The molecule has 178 valence electrons. The molecule has 0 unspecified atom stereocenters. The molecule has 2 aliphatic carbocycles. The number of rotatable bonds is 16. The molecule has 0 heterocycles. The second kappa shape index (κ2) is 16.9. The van der Waals surface area contributed by atoms with Crippen LogP contribution in [0.4, 0.5) is 0 Å². The first-order valence-electron chi connectivity index (χ1n) is 13.2. The Hall–Kier alpha value is 0.310. The van der Waals surface area contributed by atoms with Crippen LogP contribution < -0.4 is 0 Å². The van der Waals surface area contributed by atoms with E-state index in [4.69, 9.17) is 14.0 Å². The van der Waals surface area contributed by atoms with Gasteiger partial charge in [-0.25, -0.2) is 0 Å². The maximum absolute atomic E-state index is 6.71. The number of hydrogen-bond donors (Lipinski definition) is 0. The highest BCUT2D eigenvalue weighted by molar-refractivity contribution is 7.54. The van der Waals surface area contributed by atoms with E-state index < -0.39 is 0 Å². The number of hydrogen-bond acceptors (Lipinski definition) is 3. The van der Waals surface area contributed by atoms with E-state index in [0.717, 1.165) is 17.9 Å². The monoisotopic (exact) mass is 442 g/mol. The molecule has 3 nitrogen and oxygen atoms in total. The zero-order valence-corrected chi connectivity index (χ0v) is 21.3. The quantitative estimate of drug-likeness (QED) is 0.178.